The van der Waals surface area contributed by atoms with E-state index in [-0.39, 0.29) is 5.82 Å². The van der Waals surface area contributed by atoms with Crippen LogP contribution in [0, 0.1) is 12.7 Å². The highest BCUT2D eigenvalue weighted by Crippen LogP contribution is 2.34. The molecule has 5 heteroatoms. The van der Waals surface area contributed by atoms with E-state index >= 15 is 0 Å². The Kier molecular flexibility index (Phi) is 4.90. The second kappa shape index (κ2) is 7.09. The van der Waals surface area contributed by atoms with Crippen LogP contribution in [-0.2, 0) is 5.75 Å². The van der Waals surface area contributed by atoms with Gasteiger partial charge in [-0.15, -0.1) is 11.8 Å². The van der Waals surface area contributed by atoms with Gasteiger partial charge in [0.2, 0.25) is 0 Å². The average Bonchev–Trinajstić information content (AvgIpc) is 2.60. The molecule has 3 aromatic rings. The number of halogens is 1. The molecular formula is C19H18FNO2S. The van der Waals surface area contributed by atoms with Gasteiger partial charge in [0.15, 0.2) is 11.5 Å². The number of ether oxygens (including phenoxy) is 2. The zero-order valence-electron chi connectivity index (χ0n) is 13.8. The molecule has 0 unspecified atom stereocenters. The lowest BCUT2D eigenvalue weighted by Gasteiger charge is -2.11. The van der Waals surface area contributed by atoms with Crippen molar-refractivity contribution < 1.29 is 13.9 Å². The second-order valence-corrected chi connectivity index (χ2v) is 6.35. The van der Waals surface area contributed by atoms with Gasteiger partial charge in [0.25, 0.3) is 0 Å². The van der Waals surface area contributed by atoms with Crippen LogP contribution in [0.15, 0.2) is 47.5 Å². The minimum atomic E-state index is -0.185. The van der Waals surface area contributed by atoms with E-state index in [4.69, 9.17) is 14.5 Å². The van der Waals surface area contributed by atoms with Crippen molar-refractivity contribution in [3.05, 3.63) is 59.4 Å². The number of aryl methyl sites for hydroxylation is 1. The molecule has 0 bridgehead atoms. The van der Waals surface area contributed by atoms with Crippen LogP contribution in [0.3, 0.4) is 0 Å². The summed E-state index contributed by atoms with van der Waals surface area (Å²) in [6.07, 6.45) is 0. The molecule has 0 saturated carbocycles. The Morgan fingerprint density at radius 1 is 1.04 bits per heavy atom. The fourth-order valence-electron chi connectivity index (χ4n) is 2.50. The fourth-order valence-corrected chi connectivity index (χ4v) is 3.47. The predicted octanol–water partition coefficient (Wildman–Crippen LogP) is 4.99. The highest BCUT2D eigenvalue weighted by atomic mass is 32.2. The number of benzene rings is 2. The van der Waals surface area contributed by atoms with Crippen molar-refractivity contribution in [2.24, 2.45) is 0 Å². The number of rotatable bonds is 5. The summed E-state index contributed by atoms with van der Waals surface area (Å²) in [5.74, 6) is 1.68. The van der Waals surface area contributed by atoms with Gasteiger partial charge in [0.1, 0.15) is 5.82 Å². The molecule has 3 nitrogen and oxygen atoms in total. The van der Waals surface area contributed by atoms with Gasteiger partial charge in [-0.05, 0) is 36.2 Å². The first kappa shape index (κ1) is 16.6. The van der Waals surface area contributed by atoms with E-state index in [0.717, 1.165) is 21.5 Å². The zero-order chi connectivity index (χ0) is 17.1. The van der Waals surface area contributed by atoms with Crippen LogP contribution in [0.1, 0.15) is 11.1 Å². The maximum atomic E-state index is 13.8. The van der Waals surface area contributed by atoms with Gasteiger partial charge in [0, 0.05) is 17.2 Å². The second-order valence-electron chi connectivity index (χ2n) is 5.39. The van der Waals surface area contributed by atoms with Crippen LogP contribution in [0.25, 0.3) is 10.9 Å². The lowest BCUT2D eigenvalue weighted by atomic mass is 10.1. The van der Waals surface area contributed by atoms with E-state index in [1.165, 1.54) is 17.8 Å². The van der Waals surface area contributed by atoms with Crippen LogP contribution in [-0.4, -0.2) is 19.2 Å². The number of pyridine rings is 1. The van der Waals surface area contributed by atoms with Gasteiger partial charge < -0.3 is 9.47 Å². The van der Waals surface area contributed by atoms with E-state index in [2.05, 4.69) is 6.07 Å². The number of nitrogens with zero attached hydrogens (tertiary/aromatic N) is 1. The van der Waals surface area contributed by atoms with Crippen molar-refractivity contribution in [2.45, 2.75) is 17.7 Å². The monoisotopic (exact) mass is 343 g/mol. The average molecular weight is 343 g/mol. The summed E-state index contributed by atoms with van der Waals surface area (Å²) in [6, 6.07) is 12.7. The summed E-state index contributed by atoms with van der Waals surface area (Å²) >= 11 is 1.53. The van der Waals surface area contributed by atoms with E-state index in [1.807, 2.05) is 25.1 Å². The molecule has 0 N–H and O–H groups in total. The van der Waals surface area contributed by atoms with Crippen molar-refractivity contribution >= 4 is 22.7 Å². The van der Waals surface area contributed by atoms with Gasteiger partial charge in [-0.3, -0.25) is 0 Å². The molecule has 2 aromatic carbocycles. The predicted molar refractivity (Wildman–Crippen MR) is 95.5 cm³/mol. The minimum Gasteiger partial charge on any atom is -0.493 e. The smallest absolute Gasteiger partial charge is 0.162 e. The molecule has 0 spiro atoms. The van der Waals surface area contributed by atoms with E-state index < -0.39 is 0 Å². The number of hydrogen-bond acceptors (Lipinski definition) is 4. The molecule has 0 atom stereocenters. The Morgan fingerprint density at radius 3 is 2.46 bits per heavy atom. The Morgan fingerprint density at radius 2 is 1.75 bits per heavy atom. The summed E-state index contributed by atoms with van der Waals surface area (Å²) in [5, 5.41) is 1.87. The largest absolute Gasteiger partial charge is 0.493 e. The van der Waals surface area contributed by atoms with Gasteiger partial charge in [-0.2, -0.15) is 0 Å². The first-order valence-electron chi connectivity index (χ1n) is 7.52. The quantitative estimate of drug-likeness (QED) is 0.611. The maximum absolute atomic E-state index is 13.8. The lowest BCUT2D eigenvalue weighted by Crippen LogP contribution is -1.94. The van der Waals surface area contributed by atoms with Gasteiger partial charge in [-0.1, -0.05) is 18.2 Å². The van der Waals surface area contributed by atoms with Crippen molar-refractivity contribution in [3.8, 4) is 11.5 Å². The summed E-state index contributed by atoms with van der Waals surface area (Å²) in [7, 11) is 3.22. The summed E-state index contributed by atoms with van der Waals surface area (Å²) in [6.45, 7) is 2.01. The molecule has 0 aliphatic rings. The van der Waals surface area contributed by atoms with Crippen molar-refractivity contribution in [2.75, 3.05) is 14.2 Å². The Balaban J connectivity index is 1.94. The molecule has 0 radical (unpaired) electrons. The maximum Gasteiger partial charge on any atom is 0.162 e. The fraction of sp³-hybridized carbons (Fsp3) is 0.211. The first-order chi connectivity index (χ1) is 11.6. The summed E-state index contributed by atoms with van der Waals surface area (Å²) < 4.78 is 24.4. The zero-order valence-corrected chi connectivity index (χ0v) is 14.6. The lowest BCUT2D eigenvalue weighted by molar-refractivity contribution is 0.356. The standard InChI is InChI=1S/C19H18FNO2S/c1-12-8-14-9-17(22-2)18(23-3)10-16(14)21-19(12)24-11-13-6-4-5-7-15(13)20/h4-10H,11H2,1-3H3. The molecular weight excluding hydrogens is 325 g/mol. The summed E-state index contributed by atoms with van der Waals surface area (Å²) in [4.78, 5) is 4.71. The topological polar surface area (TPSA) is 31.4 Å². The van der Waals surface area contributed by atoms with Crippen LogP contribution in [0.4, 0.5) is 4.39 Å². The third-order valence-corrected chi connectivity index (χ3v) is 4.93. The number of methoxy groups -OCH3 is 2. The molecule has 0 amide bonds. The van der Waals surface area contributed by atoms with Gasteiger partial charge in [0.05, 0.1) is 24.8 Å². The van der Waals surface area contributed by atoms with Crippen LogP contribution in [0.2, 0.25) is 0 Å². The highest BCUT2D eigenvalue weighted by molar-refractivity contribution is 7.98. The summed E-state index contributed by atoms with van der Waals surface area (Å²) in [5.41, 5.74) is 2.56. The molecule has 0 aliphatic carbocycles. The van der Waals surface area contributed by atoms with Gasteiger partial charge in [-0.25, -0.2) is 9.37 Å². The van der Waals surface area contributed by atoms with Crippen molar-refractivity contribution in [3.63, 3.8) is 0 Å². The Hall–Kier alpha value is -2.27. The van der Waals surface area contributed by atoms with E-state index in [9.17, 15) is 4.39 Å². The van der Waals surface area contributed by atoms with Crippen LogP contribution >= 0.6 is 11.8 Å². The molecule has 0 aliphatic heterocycles. The van der Waals surface area contributed by atoms with Crippen molar-refractivity contribution in [1.82, 2.24) is 4.98 Å². The molecule has 1 aromatic heterocycles. The minimum absolute atomic E-state index is 0.185. The molecule has 0 saturated heterocycles. The highest BCUT2D eigenvalue weighted by Gasteiger charge is 2.11. The Bertz CT molecular complexity index is 883. The van der Waals surface area contributed by atoms with Crippen LogP contribution < -0.4 is 9.47 Å². The van der Waals surface area contributed by atoms with E-state index in [1.54, 1.807) is 26.4 Å². The molecule has 0 fully saturated rings. The van der Waals surface area contributed by atoms with Crippen LogP contribution in [0.5, 0.6) is 11.5 Å². The number of hydrogen-bond donors (Lipinski definition) is 0. The molecule has 1 heterocycles. The third-order valence-electron chi connectivity index (χ3n) is 3.79. The third kappa shape index (κ3) is 3.31. The normalized spacial score (nSPS) is 10.8. The SMILES string of the molecule is COc1cc2cc(C)c(SCc3ccccc3F)nc2cc1OC. The number of aromatic nitrogens is 1. The molecule has 3 rings (SSSR count). The number of thioether (sulfide) groups is 1. The molecule has 24 heavy (non-hydrogen) atoms. The number of fused-ring (bicyclic) bond motifs is 1. The van der Waals surface area contributed by atoms with E-state index in [0.29, 0.717) is 22.8 Å². The Labute approximate surface area is 144 Å². The van der Waals surface area contributed by atoms with Gasteiger partial charge >= 0.3 is 0 Å². The van der Waals surface area contributed by atoms with Crippen molar-refractivity contribution in [1.29, 1.82) is 0 Å². The molecule has 124 valence electrons. The first-order valence-corrected chi connectivity index (χ1v) is 8.50.